The number of rotatable bonds is 5. The van der Waals surface area contributed by atoms with E-state index >= 15 is 0 Å². The van der Waals surface area contributed by atoms with Crippen LogP contribution in [0.2, 0.25) is 5.02 Å². The van der Waals surface area contributed by atoms with Gasteiger partial charge in [-0.15, -0.1) is 0 Å². The summed E-state index contributed by atoms with van der Waals surface area (Å²) >= 11 is 6.28. The fourth-order valence-corrected chi connectivity index (χ4v) is 3.64. The van der Waals surface area contributed by atoms with Crippen molar-refractivity contribution in [1.82, 2.24) is 29.5 Å². The summed E-state index contributed by atoms with van der Waals surface area (Å²) in [4.78, 5) is 19.5. The van der Waals surface area contributed by atoms with E-state index in [0.29, 0.717) is 22.6 Å². The Balaban J connectivity index is 1.44. The minimum atomic E-state index is -1.12. The number of aromatic carboxylic acids is 1. The quantitative estimate of drug-likeness (QED) is 0.421. The molecule has 5 rings (SSSR count). The van der Waals surface area contributed by atoms with Gasteiger partial charge in [-0.3, -0.25) is 4.68 Å². The molecular weight excluding hydrogens is 432 g/mol. The lowest BCUT2D eigenvalue weighted by molar-refractivity contribution is 0.0697. The second-order valence-electron chi connectivity index (χ2n) is 7.04. The molecule has 3 heterocycles. The fraction of sp³-hybridized carbons (Fsp3) is 0.0455. The molecule has 2 N–H and O–H groups in total. The van der Waals surface area contributed by atoms with Crippen molar-refractivity contribution in [3.63, 3.8) is 0 Å². The third-order valence-corrected chi connectivity index (χ3v) is 5.29. The van der Waals surface area contributed by atoms with Crippen LogP contribution >= 0.6 is 11.6 Å². The summed E-state index contributed by atoms with van der Waals surface area (Å²) in [5.41, 5.74) is 3.69. The predicted molar refractivity (Wildman–Crippen MR) is 117 cm³/mol. The van der Waals surface area contributed by atoms with Crippen LogP contribution in [0.15, 0.2) is 67.1 Å². The molecule has 0 saturated heterocycles. The van der Waals surface area contributed by atoms with Crippen LogP contribution < -0.4 is 0 Å². The zero-order valence-electron chi connectivity index (χ0n) is 16.4. The van der Waals surface area contributed by atoms with Crippen LogP contribution in [0.3, 0.4) is 0 Å². The average molecular weight is 447 g/mol. The smallest absolute Gasteiger partial charge is 0.338 e. The number of nitrogens with zero attached hydrogens (tertiary/aromatic N) is 6. The van der Waals surface area contributed by atoms with Gasteiger partial charge in [0.25, 0.3) is 5.95 Å². The van der Waals surface area contributed by atoms with E-state index < -0.39 is 5.97 Å². The lowest BCUT2D eigenvalue weighted by Gasteiger charge is -2.08. The Labute approximate surface area is 186 Å². The Hall–Kier alpha value is -4.24. The lowest BCUT2D eigenvalue weighted by Crippen LogP contribution is -2.05. The molecule has 0 unspecified atom stereocenters. The first-order valence-corrected chi connectivity index (χ1v) is 9.92. The Morgan fingerprint density at radius 1 is 1.00 bits per heavy atom. The molecular formula is C22H15ClN6O3. The molecule has 0 spiro atoms. The van der Waals surface area contributed by atoms with Crippen LogP contribution in [0.25, 0.3) is 28.1 Å². The number of carboxylic acid groups (broad SMARTS) is 1. The molecule has 3 aromatic heterocycles. The fourth-order valence-electron chi connectivity index (χ4n) is 3.39. The summed E-state index contributed by atoms with van der Waals surface area (Å²) in [6.45, 7) is 0.396. The maximum Gasteiger partial charge on any atom is 0.338 e. The normalized spacial score (nSPS) is 11.2. The van der Waals surface area contributed by atoms with Gasteiger partial charge in [0.1, 0.15) is 11.0 Å². The lowest BCUT2D eigenvalue weighted by atomic mass is 10.0. The highest BCUT2D eigenvalue weighted by Gasteiger charge is 2.16. The molecule has 0 aliphatic carbocycles. The van der Waals surface area contributed by atoms with E-state index in [1.54, 1.807) is 4.68 Å². The van der Waals surface area contributed by atoms with Crippen molar-refractivity contribution in [2.24, 2.45) is 0 Å². The van der Waals surface area contributed by atoms with Crippen molar-refractivity contribution >= 4 is 28.6 Å². The van der Waals surface area contributed by atoms with Gasteiger partial charge < -0.3 is 10.2 Å². The molecule has 0 aliphatic rings. The molecule has 158 valence electrons. The van der Waals surface area contributed by atoms with Crippen LogP contribution in [-0.4, -0.2) is 45.7 Å². The molecule has 0 bridgehead atoms. The molecule has 32 heavy (non-hydrogen) atoms. The van der Waals surface area contributed by atoms with Crippen LogP contribution in [0, 0.1) is 0 Å². The van der Waals surface area contributed by atoms with E-state index in [9.17, 15) is 9.90 Å². The van der Waals surface area contributed by atoms with Crippen molar-refractivity contribution in [2.75, 3.05) is 0 Å². The first-order chi connectivity index (χ1) is 15.5. The van der Waals surface area contributed by atoms with Gasteiger partial charge in [-0.05, 0) is 17.2 Å². The van der Waals surface area contributed by atoms with Gasteiger partial charge in [0.15, 0.2) is 0 Å². The summed E-state index contributed by atoms with van der Waals surface area (Å²) in [5.74, 6) is -1.34. The van der Waals surface area contributed by atoms with Crippen LogP contribution in [-0.2, 0) is 6.54 Å². The van der Waals surface area contributed by atoms with E-state index in [-0.39, 0.29) is 17.4 Å². The number of hydrogen-bond acceptors (Lipinski definition) is 6. The van der Waals surface area contributed by atoms with Crippen LogP contribution in [0.4, 0.5) is 0 Å². The number of aromatic nitrogens is 6. The number of carbonyl (C=O) groups is 1. The van der Waals surface area contributed by atoms with Crippen molar-refractivity contribution < 1.29 is 15.0 Å². The van der Waals surface area contributed by atoms with Gasteiger partial charge in [-0.25, -0.2) is 14.5 Å². The topological polar surface area (TPSA) is 119 Å². The van der Waals surface area contributed by atoms with Gasteiger partial charge >= 0.3 is 5.97 Å². The predicted octanol–water partition coefficient (Wildman–Crippen LogP) is 3.78. The monoisotopic (exact) mass is 446 g/mol. The second-order valence-corrected chi connectivity index (χ2v) is 7.45. The molecule has 0 aliphatic heterocycles. The number of hydrogen-bond donors (Lipinski definition) is 2. The van der Waals surface area contributed by atoms with Crippen LogP contribution in [0.1, 0.15) is 15.9 Å². The summed E-state index contributed by atoms with van der Waals surface area (Å²) < 4.78 is 2.79. The number of benzene rings is 2. The first-order valence-electron chi connectivity index (χ1n) is 9.54. The van der Waals surface area contributed by atoms with E-state index in [1.165, 1.54) is 23.3 Å². The zero-order valence-corrected chi connectivity index (χ0v) is 17.2. The van der Waals surface area contributed by atoms with E-state index in [2.05, 4.69) is 20.2 Å². The number of halogens is 1. The summed E-state index contributed by atoms with van der Waals surface area (Å²) in [6, 6.07) is 15.5. The minimum Gasteiger partial charge on any atom is -0.492 e. The SMILES string of the molecule is O=C(O)c1cnn(-c2nc(O)c3c(cnn3Cc3ccc(-c4ccccc4Cl)cc3)n2)c1. The van der Waals surface area contributed by atoms with Gasteiger partial charge in [0.2, 0.25) is 5.88 Å². The molecule has 0 saturated carbocycles. The standard InChI is InChI=1S/C22H15ClN6O3/c23-17-4-2-1-3-16(17)14-7-5-13(6-8-14)11-28-19-18(10-25-28)26-22(27-20(19)30)29-12-15(9-24-29)21(31)32/h1-10,12H,11H2,(H,31,32)(H,26,27,30). The highest BCUT2D eigenvalue weighted by Crippen LogP contribution is 2.28. The van der Waals surface area contributed by atoms with Gasteiger partial charge in [0.05, 0.1) is 24.5 Å². The van der Waals surface area contributed by atoms with Crippen LogP contribution in [0.5, 0.6) is 5.88 Å². The van der Waals surface area contributed by atoms with Crippen molar-refractivity contribution in [2.45, 2.75) is 6.54 Å². The zero-order chi connectivity index (χ0) is 22.2. The summed E-state index contributed by atoms with van der Waals surface area (Å²) in [6.07, 6.45) is 3.97. The minimum absolute atomic E-state index is 0.0101. The molecule has 0 amide bonds. The highest BCUT2D eigenvalue weighted by molar-refractivity contribution is 6.33. The maximum absolute atomic E-state index is 11.1. The van der Waals surface area contributed by atoms with Gasteiger partial charge in [-0.1, -0.05) is 54.1 Å². The largest absolute Gasteiger partial charge is 0.492 e. The third kappa shape index (κ3) is 3.54. The highest BCUT2D eigenvalue weighted by atomic mass is 35.5. The van der Waals surface area contributed by atoms with Crippen molar-refractivity contribution in [3.8, 4) is 23.0 Å². The number of carboxylic acids is 1. The van der Waals surface area contributed by atoms with Gasteiger partial charge in [0, 0.05) is 16.8 Å². The molecule has 0 radical (unpaired) electrons. The first kappa shape index (κ1) is 19.7. The Morgan fingerprint density at radius 2 is 1.78 bits per heavy atom. The van der Waals surface area contributed by atoms with Gasteiger partial charge in [-0.2, -0.15) is 15.2 Å². The molecule has 2 aromatic carbocycles. The van der Waals surface area contributed by atoms with Crippen molar-refractivity contribution in [1.29, 1.82) is 0 Å². The molecule has 9 nitrogen and oxygen atoms in total. The van der Waals surface area contributed by atoms with E-state index in [0.717, 1.165) is 16.7 Å². The summed E-state index contributed by atoms with van der Waals surface area (Å²) in [5, 5.41) is 28.5. The summed E-state index contributed by atoms with van der Waals surface area (Å²) in [7, 11) is 0. The number of fused-ring (bicyclic) bond motifs is 1. The van der Waals surface area contributed by atoms with E-state index in [1.807, 2.05) is 48.5 Å². The second kappa shape index (κ2) is 7.78. The maximum atomic E-state index is 11.1. The Morgan fingerprint density at radius 3 is 2.50 bits per heavy atom. The Kier molecular flexibility index (Phi) is 4.79. The molecule has 0 atom stereocenters. The molecule has 5 aromatic rings. The molecule has 10 heteroatoms. The van der Waals surface area contributed by atoms with E-state index in [4.69, 9.17) is 16.7 Å². The number of aromatic hydroxyl groups is 1. The third-order valence-electron chi connectivity index (χ3n) is 4.96. The van der Waals surface area contributed by atoms with Crippen molar-refractivity contribution in [3.05, 3.63) is 83.3 Å². The molecule has 0 fully saturated rings. The average Bonchev–Trinajstić information content (AvgIpc) is 3.43. The Bertz CT molecular complexity index is 1460.